The number of fused-ring (bicyclic) bond motifs is 8. The van der Waals surface area contributed by atoms with Crippen molar-refractivity contribution in [3.05, 3.63) is 0 Å². The molecule has 0 aliphatic heterocycles. The Balaban J connectivity index is 0.000000226. The molecular formula is C85H152O15. The van der Waals surface area contributed by atoms with E-state index in [0.29, 0.717) is 17.4 Å². The van der Waals surface area contributed by atoms with E-state index in [-0.39, 0.29) is 113 Å². The van der Waals surface area contributed by atoms with Crippen molar-refractivity contribution in [1.82, 2.24) is 0 Å². The van der Waals surface area contributed by atoms with Gasteiger partial charge in [-0.05, 0) is 277 Å². The van der Waals surface area contributed by atoms with Crippen LogP contribution in [0, 0.1) is 99.5 Å². The third kappa shape index (κ3) is 19.5. The van der Waals surface area contributed by atoms with Crippen LogP contribution < -0.4 is 0 Å². The predicted molar refractivity (Wildman–Crippen MR) is 398 cm³/mol. The van der Waals surface area contributed by atoms with Gasteiger partial charge >= 0.3 is 29.8 Å². The summed E-state index contributed by atoms with van der Waals surface area (Å²) < 4.78 is 56.8. The SMILES string of the molecule is CCC(C)(C)C(=O)OC(C)OC1C2(C)CCC(C2)C1(C)C.CCC(C)(C)C(=O)OC(C)OC1CC2CCC1(C)C2(C)C.CCC(C)(C)C(=O)OCOC1C2(C)CCC(C2)C1(C)C.CCC(C)(C)C(=O)OCOC1CC2CCC1(C)C2(C)C.CCC(C)(C)C(=O)OCOCC1(C)CCCCC1. The first-order valence-corrected chi connectivity index (χ1v) is 39.8. The zero-order chi connectivity index (χ0) is 76.1. The molecular weight excluding hydrogens is 1260 g/mol. The first kappa shape index (κ1) is 87.8. The fourth-order valence-electron chi connectivity index (χ4n) is 18.7. The Hall–Kier alpha value is -2.85. The lowest BCUT2D eigenvalue weighted by Crippen LogP contribution is -2.45. The van der Waals surface area contributed by atoms with E-state index in [1.807, 2.05) is 118 Å². The maximum absolute atomic E-state index is 12.2. The lowest BCUT2D eigenvalue weighted by Gasteiger charge is -2.43. The minimum absolute atomic E-state index is 0.0951. The number of rotatable bonds is 26. The van der Waals surface area contributed by atoms with E-state index < -0.39 is 39.7 Å². The molecule has 14 atom stereocenters. The summed E-state index contributed by atoms with van der Waals surface area (Å²) in [5.74, 6) is 2.16. The van der Waals surface area contributed by atoms with E-state index in [9.17, 15) is 24.0 Å². The van der Waals surface area contributed by atoms with Crippen molar-refractivity contribution < 1.29 is 71.3 Å². The van der Waals surface area contributed by atoms with E-state index in [1.165, 1.54) is 96.3 Å². The summed E-state index contributed by atoms with van der Waals surface area (Å²) in [5.41, 5.74) is 0.143. The zero-order valence-corrected chi connectivity index (χ0v) is 69.8. The van der Waals surface area contributed by atoms with Crippen LogP contribution in [0.5, 0.6) is 0 Å². The second-order valence-corrected chi connectivity index (χ2v) is 39.9. The molecule has 15 heteroatoms. The van der Waals surface area contributed by atoms with Crippen molar-refractivity contribution in [3.8, 4) is 0 Å². The summed E-state index contributed by atoms with van der Waals surface area (Å²) in [6.45, 7) is 64.1. The molecule has 0 aromatic carbocycles. The number of carbonyl (C=O) groups excluding carboxylic acids is 5. The molecule has 9 aliphatic carbocycles. The molecule has 0 aromatic heterocycles. The minimum atomic E-state index is -0.469. The predicted octanol–water partition coefficient (Wildman–Crippen LogP) is 21.3. The van der Waals surface area contributed by atoms with E-state index in [4.69, 9.17) is 47.4 Å². The number of hydrogen-bond acceptors (Lipinski definition) is 15. The number of hydrogen-bond donors (Lipinski definition) is 0. The van der Waals surface area contributed by atoms with Crippen molar-refractivity contribution in [1.29, 1.82) is 0 Å². The standard InChI is InChI=1S/2C18H32O3.2C17H30O3.C15H28O3/c1-8-16(3,4)15(19)21-12(2)20-14-17(5,6)13-9-10-18(14,7)11-13;1-8-16(3,4)15(19)21-12(2)20-14-11-13-9-10-18(14,7)17(13,5)6;1-7-15(2,3)14(18)20-11-19-13-16(4,5)12-8-9-17(13,6)10-12;1-7-15(2,3)14(18)20-11-19-13-10-12-8-9-17(13,6)16(12,4)5;1-5-14(2,3)13(16)18-12-17-11-15(4)9-7-6-8-10-15/h2*12-14H,8-11H2,1-7H3;2*12-13H,7-11H2,1-6H3;5-12H2,1-4H3. The molecule has 8 bridgehead atoms. The van der Waals surface area contributed by atoms with Crippen molar-refractivity contribution in [2.75, 3.05) is 27.0 Å². The second kappa shape index (κ2) is 33.1. The average molecular weight is 1410 g/mol. The van der Waals surface area contributed by atoms with E-state index in [2.05, 4.69) is 90.0 Å². The first-order chi connectivity index (χ1) is 45.7. The van der Waals surface area contributed by atoms with E-state index >= 15 is 0 Å². The summed E-state index contributed by atoms with van der Waals surface area (Å²) in [5, 5.41) is 0. The van der Waals surface area contributed by atoms with Gasteiger partial charge in [0, 0.05) is 0 Å². The summed E-state index contributed by atoms with van der Waals surface area (Å²) >= 11 is 0. The van der Waals surface area contributed by atoms with Crippen LogP contribution in [0.15, 0.2) is 0 Å². The molecule has 9 rings (SSSR count). The molecule has 0 amide bonds. The Morgan fingerprint density at radius 1 is 0.390 bits per heavy atom. The summed E-state index contributed by atoms with van der Waals surface area (Å²) in [6, 6.07) is 0. The zero-order valence-electron chi connectivity index (χ0n) is 69.8. The highest BCUT2D eigenvalue weighted by Gasteiger charge is 2.65. The van der Waals surface area contributed by atoms with Gasteiger partial charge in [-0.1, -0.05) is 144 Å². The highest BCUT2D eigenvalue weighted by Crippen LogP contribution is 2.68. The molecule has 0 saturated heterocycles. The Morgan fingerprint density at radius 3 is 1.08 bits per heavy atom. The molecule has 0 heterocycles. The molecule has 9 saturated carbocycles. The minimum Gasteiger partial charge on any atom is -0.438 e. The van der Waals surface area contributed by atoms with Gasteiger partial charge in [0.05, 0.1) is 58.1 Å². The average Bonchev–Trinajstić information content (AvgIpc) is 1.59. The molecule has 0 spiro atoms. The van der Waals surface area contributed by atoms with Crippen LogP contribution in [0.2, 0.25) is 0 Å². The maximum Gasteiger partial charge on any atom is 0.313 e. The molecule has 100 heavy (non-hydrogen) atoms. The van der Waals surface area contributed by atoms with Crippen LogP contribution in [0.1, 0.15) is 349 Å². The van der Waals surface area contributed by atoms with Gasteiger partial charge in [-0.3, -0.25) is 24.0 Å². The van der Waals surface area contributed by atoms with Crippen LogP contribution >= 0.6 is 0 Å². The third-order valence-corrected chi connectivity index (χ3v) is 29.8. The first-order valence-electron chi connectivity index (χ1n) is 39.8. The normalized spacial score (nSPS) is 32.7. The monoisotopic (exact) mass is 1410 g/mol. The summed E-state index contributed by atoms with van der Waals surface area (Å²) in [7, 11) is 0. The van der Waals surface area contributed by atoms with Gasteiger partial charge in [0.15, 0.2) is 33.0 Å². The number of ether oxygens (including phenoxy) is 10. The van der Waals surface area contributed by atoms with Crippen LogP contribution in [0.4, 0.5) is 0 Å². The molecule has 15 nitrogen and oxygen atoms in total. The second-order valence-electron chi connectivity index (χ2n) is 39.9. The van der Waals surface area contributed by atoms with Crippen molar-refractivity contribution in [2.24, 2.45) is 99.5 Å². The van der Waals surface area contributed by atoms with Gasteiger partial charge in [-0.25, -0.2) is 0 Å². The quantitative estimate of drug-likeness (QED) is 0.0345. The molecule has 14 unspecified atom stereocenters. The number of esters is 5. The smallest absolute Gasteiger partial charge is 0.313 e. The van der Waals surface area contributed by atoms with Crippen LogP contribution in [0.25, 0.3) is 0 Å². The lowest BCUT2D eigenvalue weighted by molar-refractivity contribution is -0.219. The van der Waals surface area contributed by atoms with E-state index in [0.717, 1.165) is 68.6 Å². The molecule has 582 valence electrons. The fraction of sp³-hybridized carbons (Fsp3) is 0.941. The fourth-order valence-corrected chi connectivity index (χ4v) is 18.7. The van der Waals surface area contributed by atoms with Crippen LogP contribution in [-0.2, 0) is 71.3 Å². The van der Waals surface area contributed by atoms with Crippen molar-refractivity contribution in [2.45, 2.75) is 386 Å². The van der Waals surface area contributed by atoms with Gasteiger partial charge < -0.3 is 47.4 Å². The highest BCUT2D eigenvalue weighted by molar-refractivity contribution is 5.77. The van der Waals surface area contributed by atoms with Crippen LogP contribution in [0.3, 0.4) is 0 Å². The van der Waals surface area contributed by atoms with Gasteiger partial charge in [0.1, 0.15) is 0 Å². The van der Waals surface area contributed by atoms with Crippen LogP contribution in [-0.4, -0.2) is 93.8 Å². The Morgan fingerprint density at radius 2 is 0.730 bits per heavy atom. The molecule has 0 aromatic rings. The van der Waals surface area contributed by atoms with Crippen molar-refractivity contribution in [3.63, 3.8) is 0 Å². The summed E-state index contributed by atoms with van der Waals surface area (Å²) in [4.78, 5) is 60.0. The summed E-state index contributed by atoms with van der Waals surface area (Å²) in [6.07, 6.45) is 25.0. The Labute approximate surface area is 610 Å². The molecule has 0 radical (unpaired) electrons. The van der Waals surface area contributed by atoms with Gasteiger partial charge in [-0.2, -0.15) is 0 Å². The Bertz CT molecular complexity index is 2680. The molecule has 9 aliphatic rings. The topological polar surface area (TPSA) is 178 Å². The third-order valence-electron chi connectivity index (χ3n) is 29.8. The van der Waals surface area contributed by atoms with Gasteiger partial charge in [-0.15, -0.1) is 0 Å². The van der Waals surface area contributed by atoms with Crippen molar-refractivity contribution >= 4 is 29.8 Å². The van der Waals surface area contributed by atoms with E-state index in [1.54, 1.807) is 0 Å². The highest BCUT2D eigenvalue weighted by atomic mass is 16.7. The number of carbonyl (C=O) groups is 5. The molecule has 0 N–H and O–H groups in total. The largest absolute Gasteiger partial charge is 0.438 e. The van der Waals surface area contributed by atoms with Gasteiger partial charge in [0.2, 0.25) is 0 Å². The van der Waals surface area contributed by atoms with Gasteiger partial charge in [0.25, 0.3) is 0 Å². The Kier molecular flexibility index (Phi) is 29.1. The maximum atomic E-state index is 12.2. The molecule has 9 fully saturated rings. The lowest BCUT2D eigenvalue weighted by atomic mass is 9.70.